The highest BCUT2D eigenvalue weighted by molar-refractivity contribution is 5.84. The number of benzene rings is 3. The molecule has 0 aliphatic carbocycles. The zero-order chi connectivity index (χ0) is 19.0. The highest BCUT2D eigenvalue weighted by atomic mass is 19.1. The number of fused-ring (bicyclic) bond motifs is 1. The monoisotopic (exact) mass is 366 g/mol. The average Bonchev–Trinajstić information content (AvgIpc) is 2.66. The molecule has 3 aromatic carbocycles. The summed E-state index contributed by atoms with van der Waals surface area (Å²) in [6.45, 7) is 0. The Kier molecular flexibility index (Phi) is 4.24. The summed E-state index contributed by atoms with van der Waals surface area (Å²) in [6.07, 6.45) is 0.323. The van der Waals surface area contributed by atoms with Gasteiger partial charge < -0.3 is 0 Å². The first-order chi connectivity index (χ1) is 13.0. The Morgan fingerprint density at radius 3 is 2.19 bits per heavy atom. The summed E-state index contributed by atoms with van der Waals surface area (Å²) in [4.78, 5) is 12.8. The van der Waals surface area contributed by atoms with E-state index in [0.29, 0.717) is 29.0 Å². The quantitative estimate of drug-likeness (QED) is 0.539. The van der Waals surface area contributed by atoms with E-state index >= 15 is 0 Å². The molecule has 1 aromatic heterocycles. The van der Waals surface area contributed by atoms with Gasteiger partial charge in [-0.25, -0.2) is 13.2 Å². The van der Waals surface area contributed by atoms with Crippen LogP contribution in [0.3, 0.4) is 0 Å². The molecule has 0 atom stereocenters. The number of hydrogen-bond donors (Lipinski definition) is 0. The number of halogens is 3. The van der Waals surface area contributed by atoms with Gasteiger partial charge in [0.1, 0.15) is 17.3 Å². The van der Waals surface area contributed by atoms with Crippen LogP contribution in [0, 0.1) is 17.5 Å². The van der Waals surface area contributed by atoms with Gasteiger partial charge in [-0.05, 0) is 35.9 Å². The molecule has 27 heavy (non-hydrogen) atoms. The lowest BCUT2D eigenvalue weighted by Gasteiger charge is -2.12. The lowest BCUT2D eigenvalue weighted by Crippen LogP contribution is -2.24. The molecule has 1 heterocycles. The van der Waals surface area contributed by atoms with E-state index in [9.17, 15) is 18.0 Å². The second kappa shape index (κ2) is 6.72. The first-order valence-corrected chi connectivity index (χ1v) is 8.24. The van der Waals surface area contributed by atoms with Gasteiger partial charge in [0.2, 0.25) is 0 Å². The highest BCUT2D eigenvalue weighted by Crippen LogP contribution is 2.20. The van der Waals surface area contributed by atoms with Crippen molar-refractivity contribution < 1.29 is 13.2 Å². The van der Waals surface area contributed by atoms with Crippen molar-refractivity contribution in [1.29, 1.82) is 0 Å². The van der Waals surface area contributed by atoms with Gasteiger partial charge in [0, 0.05) is 17.9 Å². The molecular formula is C21H13F3N2O. The summed E-state index contributed by atoms with van der Waals surface area (Å²) in [5.74, 6) is -1.97. The molecule has 0 amide bonds. The molecule has 0 radical (unpaired) electrons. The van der Waals surface area contributed by atoms with Crippen molar-refractivity contribution >= 4 is 10.8 Å². The van der Waals surface area contributed by atoms with Crippen LogP contribution in [0.5, 0.6) is 0 Å². The van der Waals surface area contributed by atoms with Crippen molar-refractivity contribution in [3.8, 4) is 5.69 Å². The van der Waals surface area contributed by atoms with Crippen LogP contribution in [0.4, 0.5) is 13.2 Å². The Morgan fingerprint density at radius 1 is 0.815 bits per heavy atom. The fourth-order valence-corrected chi connectivity index (χ4v) is 3.00. The first kappa shape index (κ1) is 17.0. The fourth-order valence-electron chi connectivity index (χ4n) is 3.00. The number of nitrogens with zero attached hydrogens (tertiary/aromatic N) is 2. The van der Waals surface area contributed by atoms with Gasteiger partial charge in [0.25, 0.3) is 5.56 Å². The standard InChI is InChI=1S/C21H13F3N2O/c22-14-7-5-13(6-8-14)11-19-16-3-1-2-4-17(16)21(27)26(25-19)20-10-9-15(23)12-18(20)24/h1-10,12H,11H2. The summed E-state index contributed by atoms with van der Waals surface area (Å²) in [5.41, 5.74) is 0.686. The van der Waals surface area contributed by atoms with E-state index in [4.69, 9.17) is 0 Å². The van der Waals surface area contributed by atoms with Crippen molar-refractivity contribution in [3.05, 3.63) is 106 Å². The molecule has 3 nitrogen and oxygen atoms in total. The lowest BCUT2D eigenvalue weighted by molar-refractivity contribution is 0.570. The largest absolute Gasteiger partial charge is 0.279 e. The van der Waals surface area contributed by atoms with Gasteiger partial charge in [0.05, 0.1) is 11.1 Å². The van der Waals surface area contributed by atoms with Crippen molar-refractivity contribution in [3.63, 3.8) is 0 Å². The Hall–Kier alpha value is -3.41. The molecule has 0 unspecified atom stereocenters. The molecule has 0 aliphatic heterocycles. The van der Waals surface area contributed by atoms with Crippen LogP contribution in [-0.4, -0.2) is 9.78 Å². The number of aromatic nitrogens is 2. The molecule has 0 N–H and O–H groups in total. The molecule has 4 aromatic rings. The molecule has 0 bridgehead atoms. The van der Waals surface area contributed by atoms with E-state index in [2.05, 4.69) is 5.10 Å². The van der Waals surface area contributed by atoms with E-state index in [0.717, 1.165) is 16.3 Å². The summed E-state index contributed by atoms with van der Waals surface area (Å²) < 4.78 is 41.6. The van der Waals surface area contributed by atoms with Crippen LogP contribution >= 0.6 is 0 Å². The van der Waals surface area contributed by atoms with Crippen LogP contribution in [0.25, 0.3) is 16.5 Å². The third kappa shape index (κ3) is 3.21. The molecule has 4 rings (SSSR count). The minimum atomic E-state index is -0.882. The third-order valence-electron chi connectivity index (χ3n) is 4.30. The minimum absolute atomic E-state index is 0.132. The van der Waals surface area contributed by atoms with Crippen LogP contribution in [0.1, 0.15) is 11.3 Å². The predicted octanol–water partition coefficient (Wildman–Crippen LogP) is 4.39. The SMILES string of the molecule is O=c1c2ccccc2c(Cc2ccc(F)cc2)nn1-c1ccc(F)cc1F. The maximum absolute atomic E-state index is 14.2. The summed E-state index contributed by atoms with van der Waals surface area (Å²) >= 11 is 0. The maximum Gasteiger partial charge on any atom is 0.279 e. The normalized spacial score (nSPS) is 11.1. The maximum atomic E-state index is 14.2. The average molecular weight is 366 g/mol. The van der Waals surface area contributed by atoms with Crippen molar-refractivity contribution in [2.45, 2.75) is 6.42 Å². The molecule has 6 heteroatoms. The van der Waals surface area contributed by atoms with Crippen LogP contribution < -0.4 is 5.56 Å². The van der Waals surface area contributed by atoms with Gasteiger partial charge in [-0.1, -0.05) is 30.3 Å². The van der Waals surface area contributed by atoms with Gasteiger partial charge >= 0.3 is 0 Å². The lowest BCUT2D eigenvalue weighted by atomic mass is 10.0. The van der Waals surface area contributed by atoms with E-state index in [-0.39, 0.29) is 11.5 Å². The second-order valence-corrected chi connectivity index (χ2v) is 6.11. The third-order valence-corrected chi connectivity index (χ3v) is 4.30. The Balaban J connectivity index is 1.94. The summed E-state index contributed by atoms with van der Waals surface area (Å²) in [6, 6.07) is 15.8. The molecular weight excluding hydrogens is 353 g/mol. The predicted molar refractivity (Wildman–Crippen MR) is 96.5 cm³/mol. The number of hydrogen-bond acceptors (Lipinski definition) is 2. The van der Waals surface area contributed by atoms with Crippen LogP contribution in [0.15, 0.2) is 71.5 Å². The Labute approximate surface area is 152 Å². The molecule has 0 saturated carbocycles. The van der Waals surface area contributed by atoms with E-state index < -0.39 is 17.2 Å². The van der Waals surface area contributed by atoms with Gasteiger partial charge in [-0.15, -0.1) is 0 Å². The zero-order valence-electron chi connectivity index (χ0n) is 14.0. The molecule has 0 saturated heterocycles. The molecule has 134 valence electrons. The summed E-state index contributed by atoms with van der Waals surface area (Å²) in [7, 11) is 0. The van der Waals surface area contributed by atoms with E-state index in [1.54, 1.807) is 36.4 Å². The van der Waals surface area contributed by atoms with Crippen molar-refractivity contribution in [2.24, 2.45) is 0 Å². The zero-order valence-corrected chi connectivity index (χ0v) is 14.0. The van der Waals surface area contributed by atoms with E-state index in [1.807, 2.05) is 0 Å². The summed E-state index contributed by atoms with van der Waals surface area (Å²) in [5, 5.41) is 5.33. The topological polar surface area (TPSA) is 34.9 Å². The number of rotatable bonds is 3. The fraction of sp³-hybridized carbons (Fsp3) is 0.0476. The molecule has 0 spiro atoms. The first-order valence-electron chi connectivity index (χ1n) is 8.24. The molecule has 0 aliphatic rings. The minimum Gasteiger partial charge on any atom is -0.267 e. The van der Waals surface area contributed by atoms with Gasteiger partial charge in [-0.2, -0.15) is 9.78 Å². The second-order valence-electron chi connectivity index (χ2n) is 6.11. The highest BCUT2D eigenvalue weighted by Gasteiger charge is 2.15. The van der Waals surface area contributed by atoms with Crippen molar-refractivity contribution in [1.82, 2.24) is 9.78 Å². The Bertz CT molecular complexity index is 1200. The molecule has 0 fully saturated rings. The van der Waals surface area contributed by atoms with Crippen LogP contribution in [0.2, 0.25) is 0 Å². The van der Waals surface area contributed by atoms with Crippen LogP contribution in [-0.2, 0) is 6.42 Å². The Morgan fingerprint density at radius 2 is 1.48 bits per heavy atom. The van der Waals surface area contributed by atoms with E-state index in [1.165, 1.54) is 18.2 Å². The smallest absolute Gasteiger partial charge is 0.267 e. The van der Waals surface area contributed by atoms with Crippen molar-refractivity contribution in [2.75, 3.05) is 0 Å². The van der Waals surface area contributed by atoms with Gasteiger partial charge in [0.15, 0.2) is 5.82 Å². The van der Waals surface area contributed by atoms with Gasteiger partial charge in [-0.3, -0.25) is 4.79 Å².